The Morgan fingerprint density at radius 2 is 2.10 bits per heavy atom. The summed E-state index contributed by atoms with van der Waals surface area (Å²) in [5.74, 6) is 3.81. The van der Waals surface area contributed by atoms with E-state index in [-0.39, 0.29) is 0 Å². The van der Waals surface area contributed by atoms with E-state index in [2.05, 4.69) is 11.8 Å². The van der Waals surface area contributed by atoms with Crippen molar-refractivity contribution in [3.63, 3.8) is 0 Å². The van der Waals surface area contributed by atoms with Crippen LogP contribution >= 0.6 is 11.3 Å². The van der Waals surface area contributed by atoms with Gasteiger partial charge in [-0.05, 0) is 38.6 Å². The third-order valence-corrected chi connectivity index (χ3v) is 3.44. The fraction of sp³-hybridized carbons (Fsp3) is 0.467. The van der Waals surface area contributed by atoms with Gasteiger partial charge in [-0.25, -0.2) is 4.79 Å². The number of unbranched alkanes of at least 4 members (excludes halogenated alkanes) is 1. The Bertz CT molecular complexity index is 518. The van der Waals surface area contributed by atoms with E-state index in [1.165, 1.54) is 4.90 Å². The van der Waals surface area contributed by atoms with Gasteiger partial charge in [0.1, 0.15) is 0 Å². The maximum Gasteiger partial charge on any atom is 0.394 e. The highest BCUT2D eigenvalue weighted by Crippen LogP contribution is 2.14. The first-order chi connectivity index (χ1) is 9.32. The van der Waals surface area contributed by atoms with Gasteiger partial charge in [0.2, 0.25) is 0 Å². The van der Waals surface area contributed by atoms with E-state index in [1.54, 1.807) is 11.3 Å². The topological polar surface area (TPSA) is 57.6 Å². The summed E-state index contributed by atoms with van der Waals surface area (Å²) in [7, 11) is 0. The molecule has 20 heavy (non-hydrogen) atoms. The average Bonchev–Trinajstić information content (AvgIpc) is 2.84. The number of thiophene rings is 1. The van der Waals surface area contributed by atoms with Gasteiger partial charge in [-0.2, -0.15) is 0 Å². The lowest BCUT2D eigenvalue weighted by molar-refractivity contribution is -0.158. The lowest BCUT2D eigenvalue weighted by Gasteiger charge is -2.34. The molecule has 1 N–H and O–H groups in total. The Morgan fingerprint density at radius 1 is 1.40 bits per heavy atom. The zero-order valence-electron chi connectivity index (χ0n) is 12.0. The summed E-state index contributed by atoms with van der Waals surface area (Å²) in [6.45, 7) is 5.87. The Hall–Kier alpha value is -1.80. The number of carbonyl (C=O) groups is 2. The van der Waals surface area contributed by atoms with Gasteiger partial charge in [0.25, 0.3) is 0 Å². The third kappa shape index (κ3) is 5.06. The number of nitrogens with zero attached hydrogens (tertiary/aromatic N) is 1. The van der Waals surface area contributed by atoms with Crippen molar-refractivity contribution in [3.05, 3.63) is 22.4 Å². The Kier molecular flexibility index (Phi) is 5.78. The summed E-state index contributed by atoms with van der Waals surface area (Å²) in [6, 6.07) is 3.90. The minimum absolute atomic E-state index is 0.397. The van der Waals surface area contributed by atoms with E-state index in [0.717, 1.165) is 4.88 Å². The zero-order chi connectivity index (χ0) is 15.2. The quantitative estimate of drug-likeness (QED) is 0.529. The lowest BCUT2D eigenvalue weighted by Crippen LogP contribution is -2.49. The molecule has 0 unspecified atom stereocenters. The van der Waals surface area contributed by atoms with Crippen LogP contribution in [0.15, 0.2) is 17.5 Å². The van der Waals surface area contributed by atoms with Crippen molar-refractivity contribution >= 4 is 23.2 Å². The summed E-state index contributed by atoms with van der Waals surface area (Å²) in [5.41, 5.74) is -0.503. The van der Waals surface area contributed by atoms with Crippen LogP contribution in [-0.4, -0.2) is 34.0 Å². The third-order valence-electron chi connectivity index (χ3n) is 2.65. The zero-order valence-corrected chi connectivity index (χ0v) is 12.8. The number of carboxylic acids is 1. The van der Waals surface area contributed by atoms with Gasteiger partial charge in [-0.15, -0.1) is 11.3 Å². The summed E-state index contributed by atoms with van der Waals surface area (Å²) in [4.78, 5) is 24.8. The van der Waals surface area contributed by atoms with Crippen molar-refractivity contribution in [2.24, 2.45) is 0 Å². The van der Waals surface area contributed by atoms with E-state index in [4.69, 9.17) is 5.11 Å². The molecule has 0 aromatic carbocycles. The molecule has 5 heteroatoms. The molecule has 0 atom stereocenters. The smallest absolute Gasteiger partial charge is 0.394 e. The van der Waals surface area contributed by atoms with Gasteiger partial charge >= 0.3 is 11.9 Å². The Morgan fingerprint density at radius 3 is 2.60 bits per heavy atom. The second-order valence-electron chi connectivity index (χ2n) is 5.32. The highest BCUT2D eigenvalue weighted by molar-refractivity contribution is 7.10. The molecule has 0 saturated carbocycles. The van der Waals surface area contributed by atoms with E-state index >= 15 is 0 Å². The predicted octanol–water partition coefficient (Wildman–Crippen LogP) is 2.59. The molecule has 0 aliphatic carbocycles. The fourth-order valence-electron chi connectivity index (χ4n) is 1.68. The number of amides is 1. The molecule has 1 rings (SSSR count). The predicted molar refractivity (Wildman–Crippen MR) is 79.5 cm³/mol. The maximum atomic E-state index is 11.6. The van der Waals surface area contributed by atoms with Crippen LogP contribution in [0.25, 0.3) is 0 Å². The number of rotatable bonds is 3. The summed E-state index contributed by atoms with van der Waals surface area (Å²) >= 11 is 1.58. The molecule has 0 bridgehead atoms. The molecule has 0 aliphatic heterocycles. The highest BCUT2D eigenvalue weighted by atomic mass is 32.1. The van der Waals surface area contributed by atoms with Crippen molar-refractivity contribution < 1.29 is 14.7 Å². The van der Waals surface area contributed by atoms with Crippen molar-refractivity contribution in [3.8, 4) is 11.8 Å². The molecular weight excluding hydrogens is 274 g/mol. The molecule has 1 aromatic heterocycles. The van der Waals surface area contributed by atoms with Gasteiger partial charge < -0.3 is 10.0 Å². The first-order valence-electron chi connectivity index (χ1n) is 6.39. The van der Waals surface area contributed by atoms with Crippen molar-refractivity contribution in [2.75, 3.05) is 6.54 Å². The normalized spacial score (nSPS) is 10.6. The van der Waals surface area contributed by atoms with Crippen LogP contribution in [-0.2, 0) is 9.59 Å². The molecule has 0 radical (unpaired) electrons. The molecule has 1 amide bonds. The molecule has 0 saturated heterocycles. The SMILES string of the molecule is CC(C)(C)N(CCCC#Cc1cccs1)C(=O)C(=O)O. The van der Waals surface area contributed by atoms with Crippen LogP contribution in [0.5, 0.6) is 0 Å². The molecule has 4 nitrogen and oxygen atoms in total. The largest absolute Gasteiger partial charge is 0.474 e. The van der Waals surface area contributed by atoms with E-state index in [1.807, 2.05) is 38.3 Å². The minimum atomic E-state index is -1.41. The molecule has 0 spiro atoms. The van der Waals surface area contributed by atoms with Gasteiger partial charge in [0.15, 0.2) is 0 Å². The van der Waals surface area contributed by atoms with E-state index in [0.29, 0.717) is 19.4 Å². The van der Waals surface area contributed by atoms with Crippen LogP contribution in [0.4, 0.5) is 0 Å². The van der Waals surface area contributed by atoms with Crippen LogP contribution in [0.1, 0.15) is 38.5 Å². The molecule has 0 aliphatic rings. The number of carboxylic acid groups (broad SMARTS) is 1. The number of carbonyl (C=O) groups excluding carboxylic acids is 1. The minimum Gasteiger partial charge on any atom is -0.474 e. The standard InChI is InChI=1S/C15H19NO3S/c1-15(2,3)16(13(17)14(18)19)10-6-4-5-8-12-9-7-11-20-12/h7,9,11H,4,6,10H2,1-3H3,(H,18,19). The average molecular weight is 293 g/mol. The van der Waals surface area contributed by atoms with E-state index in [9.17, 15) is 9.59 Å². The number of aliphatic carboxylic acids is 1. The van der Waals surface area contributed by atoms with Gasteiger partial charge in [-0.1, -0.05) is 17.9 Å². The van der Waals surface area contributed by atoms with Crippen LogP contribution in [0.2, 0.25) is 0 Å². The van der Waals surface area contributed by atoms with Crippen molar-refractivity contribution in [1.29, 1.82) is 0 Å². The first kappa shape index (κ1) is 16.3. The number of hydrogen-bond donors (Lipinski definition) is 1. The fourth-order valence-corrected chi connectivity index (χ4v) is 2.27. The van der Waals surface area contributed by atoms with Gasteiger partial charge in [0.05, 0.1) is 4.88 Å². The van der Waals surface area contributed by atoms with Crippen LogP contribution in [0.3, 0.4) is 0 Å². The Labute approximate surface area is 123 Å². The second kappa shape index (κ2) is 7.11. The Balaban J connectivity index is 2.51. The molecule has 1 aromatic rings. The van der Waals surface area contributed by atoms with Gasteiger partial charge in [-0.3, -0.25) is 4.79 Å². The monoisotopic (exact) mass is 293 g/mol. The molecule has 0 fully saturated rings. The van der Waals surface area contributed by atoms with Crippen LogP contribution < -0.4 is 0 Å². The molecular formula is C15H19NO3S. The summed E-state index contributed by atoms with van der Waals surface area (Å²) in [5, 5.41) is 10.8. The van der Waals surface area contributed by atoms with Gasteiger partial charge in [0, 0.05) is 18.5 Å². The molecule has 1 heterocycles. The van der Waals surface area contributed by atoms with E-state index < -0.39 is 17.4 Å². The summed E-state index contributed by atoms with van der Waals surface area (Å²) in [6.07, 6.45) is 1.30. The number of hydrogen-bond acceptors (Lipinski definition) is 3. The first-order valence-corrected chi connectivity index (χ1v) is 7.27. The highest BCUT2D eigenvalue weighted by Gasteiger charge is 2.29. The van der Waals surface area contributed by atoms with Crippen molar-refractivity contribution in [1.82, 2.24) is 4.90 Å². The lowest BCUT2D eigenvalue weighted by atomic mass is 10.1. The molecule has 108 valence electrons. The van der Waals surface area contributed by atoms with Crippen LogP contribution in [0, 0.1) is 11.8 Å². The summed E-state index contributed by atoms with van der Waals surface area (Å²) < 4.78 is 0. The second-order valence-corrected chi connectivity index (χ2v) is 6.26. The maximum absolute atomic E-state index is 11.6. The van der Waals surface area contributed by atoms with Crippen molar-refractivity contribution in [2.45, 2.75) is 39.2 Å².